The molecule has 1 heterocycles. The molecule has 0 radical (unpaired) electrons. The maximum absolute atomic E-state index is 13.8. The normalized spacial score (nSPS) is 13.6. The van der Waals surface area contributed by atoms with Gasteiger partial charge in [0.25, 0.3) is 15.9 Å². The van der Waals surface area contributed by atoms with Gasteiger partial charge in [0.05, 0.1) is 5.69 Å². The minimum Gasteiger partial charge on any atom is -0.375 e. The van der Waals surface area contributed by atoms with Gasteiger partial charge in [0.2, 0.25) is 0 Å². The molecule has 2 aromatic carbocycles. The van der Waals surface area contributed by atoms with Gasteiger partial charge in [-0.25, -0.2) is 17.2 Å². The summed E-state index contributed by atoms with van der Waals surface area (Å²) >= 11 is 0. The maximum atomic E-state index is 13.8. The number of nitrogens with one attached hydrogen (secondary N) is 1. The number of hydrogen-bond donors (Lipinski definition) is 1. The van der Waals surface area contributed by atoms with E-state index < -0.39 is 26.6 Å². The van der Waals surface area contributed by atoms with Gasteiger partial charge in [0.15, 0.2) is 0 Å². The largest absolute Gasteiger partial charge is 0.375 e. The molecule has 0 fully saturated rings. The van der Waals surface area contributed by atoms with E-state index in [9.17, 15) is 22.0 Å². The van der Waals surface area contributed by atoms with Crippen molar-refractivity contribution in [3.63, 3.8) is 0 Å². The summed E-state index contributed by atoms with van der Waals surface area (Å²) in [6.07, 6.45) is 0.440. The summed E-state index contributed by atoms with van der Waals surface area (Å²) in [5.41, 5.74) is 1.45. The van der Waals surface area contributed by atoms with E-state index in [4.69, 9.17) is 4.74 Å². The van der Waals surface area contributed by atoms with Crippen LogP contribution in [-0.2, 0) is 26.0 Å². The molecule has 3 rings (SSSR count). The summed E-state index contributed by atoms with van der Waals surface area (Å²) in [4.78, 5) is 12.9. The number of methoxy groups -OCH3 is 1. The van der Waals surface area contributed by atoms with Crippen molar-refractivity contribution >= 4 is 27.3 Å². The third-order valence-electron chi connectivity index (χ3n) is 4.02. The third-order valence-corrected chi connectivity index (χ3v) is 5.42. The van der Waals surface area contributed by atoms with Gasteiger partial charge in [-0.05, 0) is 30.7 Å². The van der Waals surface area contributed by atoms with E-state index in [0.29, 0.717) is 30.3 Å². The third kappa shape index (κ3) is 3.40. The second-order valence-electron chi connectivity index (χ2n) is 5.71. The lowest BCUT2D eigenvalue weighted by atomic mass is 10.1. The average molecular weight is 382 g/mol. The molecule has 2 aromatic rings. The second-order valence-corrected chi connectivity index (χ2v) is 7.36. The van der Waals surface area contributed by atoms with Crippen molar-refractivity contribution in [1.29, 1.82) is 0 Å². The molecule has 0 saturated heterocycles. The van der Waals surface area contributed by atoms with Gasteiger partial charge in [-0.2, -0.15) is 0 Å². The Morgan fingerprint density at radius 1 is 1.27 bits per heavy atom. The Balaban J connectivity index is 1.93. The Bertz CT molecular complexity index is 963. The number of anilines is 2. The van der Waals surface area contributed by atoms with Crippen LogP contribution in [0.3, 0.4) is 0 Å². The lowest BCUT2D eigenvalue weighted by Crippen LogP contribution is -2.31. The van der Waals surface area contributed by atoms with E-state index in [1.807, 2.05) is 0 Å². The SMILES string of the molecule is COCC(=O)N1CCc2c(NS(=O)(=O)c3ccc(F)cc3F)cccc21. The number of nitrogens with zero attached hydrogens (tertiary/aromatic N) is 1. The highest BCUT2D eigenvalue weighted by Crippen LogP contribution is 2.35. The van der Waals surface area contributed by atoms with Gasteiger partial charge in [-0.1, -0.05) is 6.07 Å². The number of rotatable bonds is 5. The fourth-order valence-electron chi connectivity index (χ4n) is 2.88. The molecule has 0 saturated carbocycles. The topological polar surface area (TPSA) is 75.7 Å². The van der Waals surface area contributed by atoms with Gasteiger partial charge in [-0.3, -0.25) is 9.52 Å². The first kappa shape index (κ1) is 18.3. The van der Waals surface area contributed by atoms with Crippen LogP contribution in [0.25, 0.3) is 0 Å². The highest BCUT2D eigenvalue weighted by molar-refractivity contribution is 7.92. The van der Waals surface area contributed by atoms with E-state index in [1.165, 1.54) is 18.1 Å². The lowest BCUT2D eigenvalue weighted by molar-refractivity contribution is -0.122. The predicted molar refractivity (Wildman–Crippen MR) is 91.5 cm³/mol. The van der Waals surface area contributed by atoms with Crippen molar-refractivity contribution in [2.45, 2.75) is 11.3 Å². The van der Waals surface area contributed by atoms with Crippen molar-refractivity contribution in [3.8, 4) is 0 Å². The first-order chi connectivity index (χ1) is 12.3. The Labute approximate surface area is 149 Å². The zero-order valence-electron chi connectivity index (χ0n) is 13.8. The number of ether oxygens (including phenoxy) is 1. The van der Waals surface area contributed by atoms with Crippen molar-refractivity contribution in [2.75, 3.05) is 29.9 Å². The Morgan fingerprint density at radius 3 is 2.73 bits per heavy atom. The molecule has 9 heteroatoms. The van der Waals surface area contributed by atoms with Crippen molar-refractivity contribution in [3.05, 3.63) is 53.6 Å². The smallest absolute Gasteiger partial charge is 0.264 e. The predicted octanol–water partition coefficient (Wildman–Crippen LogP) is 2.30. The van der Waals surface area contributed by atoms with Crippen LogP contribution >= 0.6 is 0 Å². The molecule has 0 atom stereocenters. The minimum absolute atomic E-state index is 0.0871. The van der Waals surface area contributed by atoms with Crippen LogP contribution in [-0.4, -0.2) is 34.6 Å². The van der Waals surface area contributed by atoms with Crippen LogP contribution in [0.2, 0.25) is 0 Å². The number of hydrogen-bond acceptors (Lipinski definition) is 4. The fraction of sp³-hybridized carbons (Fsp3) is 0.235. The zero-order chi connectivity index (χ0) is 18.9. The molecular weight excluding hydrogens is 366 g/mol. The summed E-state index contributed by atoms with van der Waals surface area (Å²) < 4.78 is 59.0. The van der Waals surface area contributed by atoms with Gasteiger partial charge in [0, 0.05) is 31.0 Å². The van der Waals surface area contributed by atoms with Crippen molar-refractivity contribution in [1.82, 2.24) is 0 Å². The summed E-state index contributed by atoms with van der Waals surface area (Å²) in [5, 5.41) is 0. The molecule has 0 bridgehead atoms. The lowest BCUT2D eigenvalue weighted by Gasteiger charge is -2.17. The van der Waals surface area contributed by atoms with E-state index in [0.717, 1.165) is 12.1 Å². The molecule has 1 aliphatic rings. The quantitative estimate of drug-likeness (QED) is 0.861. The number of carbonyl (C=O) groups excluding carboxylic acids is 1. The molecule has 0 spiro atoms. The molecule has 1 amide bonds. The van der Waals surface area contributed by atoms with E-state index in [-0.39, 0.29) is 18.2 Å². The maximum Gasteiger partial charge on any atom is 0.264 e. The summed E-state index contributed by atoms with van der Waals surface area (Å²) in [6.45, 7) is 0.303. The molecule has 0 aliphatic carbocycles. The Hall–Kier alpha value is -2.52. The minimum atomic E-state index is -4.25. The molecular formula is C17H16F2N2O4S. The number of fused-ring (bicyclic) bond motifs is 1. The van der Waals surface area contributed by atoms with Gasteiger partial charge < -0.3 is 9.64 Å². The first-order valence-corrected chi connectivity index (χ1v) is 9.21. The molecule has 6 nitrogen and oxygen atoms in total. The molecule has 0 aromatic heterocycles. The molecule has 1 aliphatic heterocycles. The van der Waals surface area contributed by atoms with Gasteiger partial charge in [0.1, 0.15) is 23.1 Å². The zero-order valence-corrected chi connectivity index (χ0v) is 14.6. The average Bonchev–Trinajstić information content (AvgIpc) is 2.99. The van der Waals surface area contributed by atoms with Crippen LogP contribution in [0.4, 0.5) is 20.2 Å². The van der Waals surface area contributed by atoms with Crippen molar-refractivity contribution in [2.24, 2.45) is 0 Å². The molecule has 0 unspecified atom stereocenters. The summed E-state index contributed by atoms with van der Waals surface area (Å²) in [5.74, 6) is -2.29. The standard InChI is InChI=1S/C17H16F2N2O4S/c1-25-10-17(22)21-8-7-12-14(3-2-4-15(12)21)20-26(23,24)16-6-5-11(18)9-13(16)19/h2-6,9,20H,7-8,10H2,1H3. The van der Waals surface area contributed by atoms with E-state index in [1.54, 1.807) is 12.1 Å². The number of sulfonamides is 1. The highest BCUT2D eigenvalue weighted by Gasteiger charge is 2.28. The van der Waals surface area contributed by atoms with E-state index in [2.05, 4.69) is 4.72 Å². The van der Waals surface area contributed by atoms with E-state index >= 15 is 0 Å². The first-order valence-electron chi connectivity index (χ1n) is 7.72. The number of amides is 1. The van der Waals surface area contributed by atoms with Crippen LogP contribution in [0.5, 0.6) is 0 Å². The van der Waals surface area contributed by atoms with Gasteiger partial charge in [-0.15, -0.1) is 0 Å². The molecule has 1 N–H and O–H groups in total. The Kier molecular flexibility index (Phi) is 4.92. The number of halogens is 2. The number of carbonyl (C=O) groups is 1. The van der Waals surface area contributed by atoms with Crippen LogP contribution in [0, 0.1) is 11.6 Å². The number of benzene rings is 2. The van der Waals surface area contributed by atoms with Crippen LogP contribution in [0.15, 0.2) is 41.3 Å². The second kappa shape index (κ2) is 7.00. The highest BCUT2D eigenvalue weighted by atomic mass is 32.2. The summed E-state index contributed by atoms with van der Waals surface area (Å²) in [6, 6.07) is 7.07. The Morgan fingerprint density at radius 2 is 2.04 bits per heavy atom. The monoisotopic (exact) mass is 382 g/mol. The molecule has 26 heavy (non-hydrogen) atoms. The van der Waals surface area contributed by atoms with Crippen molar-refractivity contribution < 1.29 is 26.7 Å². The summed E-state index contributed by atoms with van der Waals surface area (Å²) in [7, 11) is -2.84. The fourth-order valence-corrected chi connectivity index (χ4v) is 4.04. The van der Waals surface area contributed by atoms with Crippen LogP contribution < -0.4 is 9.62 Å². The van der Waals surface area contributed by atoms with Crippen LogP contribution in [0.1, 0.15) is 5.56 Å². The molecule has 138 valence electrons. The van der Waals surface area contributed by atoms with Gasteiger partial charge >= 0.3 is 0 Å².